The predicted octanol–water partition coefficient (Wildman–Crippen LogP) is 1.68. The molecule has 13 heavy (non-hydrogen) atoms. The lowest BCUT2D eigenvalue weighted by Crippen LogP contribution is -2.46. The third-order valence-electron chi connectivity index (χ3n) is 3.81. The zero-order valence-corrected chi connectivity index (χ0v) is 8.50. The lowest BCUT2D eigenvalue weighted by Gasteiger charge is -2.34. The summed E-state index contributed by atoms with van der Waals surface area (Å²) in [7, 11) is 0. The van der Waals surface area contributed by atoms with Gasteiger partial charge in [-0.3, -0.25) is 0 Å². The maximum absolute atomic E-state index is 9.65. The Morgan fingerprint density at radius 1 is 1.15 bits per heavy atom. The lowest BCUT2D eigenvalue weighted by molar-refractivity contribution is 0.128. The number of aliphatic hydroxyl groups is 1. The molecule has 76 valence electrons. The summed E-state index contributed by atoms with van der Waals surface area (Å²) in [6, 6.07) is 1.00. The van der Waals surface area contributed by atoms with Gasteiger partial charge in [0.1, 0.15) is 0 Å². The summed E-state index contributed by atoms with van der Waals surface area (Å²) in [5.74, 6) is 0.882. The summed E-state index contributed by atoms with van der Waals surface area (Å²) in [6.45, 7) is 2.27. The van der Waals surface area contributed by atoms with E-state index < -0.39 is 0 Å². The minimum absolute atomic E-state index is 0.0810. The minimum Gasteiger partial charge on any atom is -0.392 e. The van der Waals surface area contributed by atoms with Gasteiger partial charge in [-0.1, -0.05) is 6.42 Å². The van der Waals surface area contributed by atoms with Crippen LogP contribution in [0.2, 0.25) is 0 Å². The van der Waals surface area contributed by atoms with Crippen LogP contribution in [0.1, 0.15) is 45.4 Å². The SMILES string of the molecule is CC(N[C@H]1CCC[C@@H]1O)C1CCC1. The third kappa shape index (κ3) is 2.05. The van der Waals surface area contributed by atoms with Gasteiger partial charge in [-0.2, -0.15) is 0 Å². The van der Waals surface area contributed by atoms with E-state index in [0.717, 1.165) is 18.8 Å². The van der Waals surface area contributed by atoms with Gasteiger partial charge in [-0.05, 0) is 44.9 Å². The van der Waals surface area contributed by atoms with Crippen molar-refractivity contribution >= 4 is 0 Å². The Balaban J connectivity index is 1.75. The molecule has 1 unspecified atom stereocenters. The van der Waals surface area contributed by atoms with Gasteiger partial charge in [0.05, 0.1) is 6.10 Å². The molecule has 0 radical (unpaired) electrons. The smallest absolute Gasteiger partial charge is 0.0693 e. The quantitative estimate of drug-likeness (QED) is 0.697. The van der Waals surface area contributed by atoms with E-state index in [4.69, 9.17) is 0 Å². The Kier molecular flexibility index (Phi) is 2.89. The van der Waals surface area contributed by atoms with E-state index >= 15 is 0 Å². The van der Waals surface area contributed by atoms with Gasteiger partial charge < -0.3 is 10.4 Å². The first-order chi connectivity index (χ1) is 6.27. The van der Waals surface area contributed by atoms with Crippen LogP contribution >= 0.6 is 0 Å². The fraction of sp³-hybridized carbons (Fsp3) is 1.00. The molecule has 0 aliphatic heterocycles. The number of nitrogens with one attached hydrogen (secondary N) is 1. The van der Waals surface area contributed by atoms with Gasteiger partial charge in [0.15, 0.2) is 0 Å². The van der Waals surface area contributed by atoms with Gasteiger partial charge in [0.25, 0.3) is 0 Å². The van der Waals surface area contributed by atoms with E-state index in [1.165, 1.54) is 25.7 Å². The molecule has 0 aromatic rings. The fourth-order valence-electron chi connectivity index (χ4n) is 2.55. The first-order valence-electron chi connectivity index (χ1n) is 5.71. The molecule has 0 heterocycles. The van der Waals surface area contributed by atoms with Crippen LogP contribution in [0.5, 0.6) is 0 Å². The molecule has 2 saturated carbocycles. The van der Waals surface area contributed by atoms with Crippen molar-refractivity contribution in [1.82, 2.24) is 5.32 Å². The molecule has 2 fully saturated rings. The van der Waals surface area contributed by atoms with Crippen LogP contribution < -0.4 is 5.32 Å². The summed E-state index contributed by atoms with van der Waals surface area (Å²) in [4.78, 5) is 0. The number of hydrogen-bond acceptors (Lipinski definition) is 2. The molecule has 2 rings (SSSR count). The molecule has 0 aromatic heterocycles. The van der Waals surface area contributed by atoms with Crippen molar-refractivity contribution in [2.45, 2.75) is 63.6 Å². The molecular weight excluding hydrogens is 162 g/mol. The highest BCUT2D eigenvalue weighted by Crippen LogP contribution is 2.30. The number of aliphatic hydroxyl groups excluding tert-OH is 1. The van der Waals surface area contributed by atoms with Gasteiger partial charge in [-0.25, -0.2) is 0 Å². The summed E-state index contributed by atoms with van der Waals surface area (Å²) in [6.07, 6.45) is 7.45. The third-order valence-corrected chi connectivity index (χ3v) is 3.81. The van der Waals surface area contributed by atoms with Crippen LogP contribution in [0.3, 0.4) is 0 Å². The second-order valence-corrected chi connectivity index (χ2v) is 4.75. The zero-order chi connectivity index (χ0) is 9.26. The molecule has 0 amide bonds. The van der Waals surface area contributed by atoms with Crippen molar-refractivity contribution in [1.29, 1.82) is 0 Å². The van der Waals surface area contributed by atoms with E-state index in [1.54, 1.807) is 0 Å². The van der Waals surface area contributed by atoms with Gasteiger partial charge in [-0.15, -0.1) is 0 Å². The van der Waals surface area contributed by atoms with Crippen molar-refractivity contribution in [3.05, 3.63) is 0 Å². The highest BCUT2D eigenvalue weighted by Gasteiger charge is 2.30. The average Bonchev–Trinajstić information content (AvgIpc) is 2.32. The van der Waals surface area contributed by atoms with Crippen molar-refractivity contribution in [2.24, 2.45) is 5.92 Å². The molecule has 0 aromatic carbocycles. The molecule has 2 aliphatic carbocycles. The molecular formula is C11H21NO. The molecule has 2 heteroatoms. The topological polar surface area (TPSA) is 32.3 Å². The van der Waals surface area contributed by atoms with Gasteiger partial charge in [0.2, 0.25) is 0 Å². The zero-order valence-electron chi connectivity index (χ0n) is 8.50. The van der Waals surface area contributed by atoms with Crippen molar-refractivity contribution in [3.8, 4) is 0 Å². The molecule has 0 bridgehead atoms. The number of hydrogen-bond donors (Lipinski definition) is 2. The summed E-state index contributed by atoms with van der Waals surface area (Å²) in [5, 5.41) is 13.2. The van der Waals surface area contributed by atoms with Crippen molar-refractivity contribution in [2.75, 3.05) is 0 Å². The molecule has 2 nitrogen and oxygen atoms in total. The Morgan fingerprint density at radius 2 is 1.85 bits per heavy atom. The minimum atomic E-state index is -0.0810. The second kappa shape index (κ2) is 3.97. The fourth-order valence-corrected chi connectivity index (χ4v) is 2.55. The van der Waals surface area contributed by atoms with Crippen LogP contribution in [0.4, 0.5) is 0 Å². The average molecular weight is 183 g/mol. The summed E-state index contributed by atoms with van der Waals surface area (Å²) >= 11 is 0. The van der Waals surface area contributed by atoms with Crippen molar-refractivity contribution in [3.63, 3.8) is 0 Å². The highest BCUT2D eigenvalue weighted by atomic mass is 16.3. The van der Waals surface area contributed by atoms with E-state index in [-0.39, 0.29) is 6.10 Å². The normalized spacial score (nSPS) is 37.4. The first-order valence-corrected chi connectivity index (χ1v) is 5.71. The van der Waals surface area contributed by atoms with Crippen LogP contribution in [-0.2, 0) is 0 Å². The predicted molar refractivity (Wildman–Crippen MR) is 53.6 cm³/mol. The van der Waals surface area contributed by atoms with Crippen LogP contribution in [0.15, 0.2) is 0 Å². The Morgan fingerprint density at radius 3 is 2.31 bits per heavy atom. The van der Waals surface area contributed by atoms with E-state index in [1.807, 2.05) is 0 Å². The molecule has 2 aliphatic rings. The van der Waals surface area contributed by atoms with E-state index in [9.17, 15) is 5.11 Å². The molecule has 3 atom stereocenters. The van der Waals surface area contributed by atoms with Gasteiger partial charge >= 0.3 is 0 Å². The largest absolute Gasteiger partial charge is 0.392 e. The van der Waals surface area contributed by atoms with Crippen molar-refractivity contribution < 1.29 is 5.11 Å². The van der Waals surface area contributed by atoms with Crippen LogP contribution in [-0.4, -0.2) is 23.3 Å². The molecule has 2 N–H and O–H groups in total. The molecule has 0 saturated heterocycles. The standard InChI is InChI=1S/C11H21NO/c1-8(9-4-2-5-9)12-10-6-3-7-11(10)13/h8-13H,2-7H2,1H3/t8?,10-,11-/m0/s1. The summed E-state index contributed by atoms with van der Waals surface area (Å²) in [5.41, 5.74) is 0. The Bertz CT molecular complexity index is 167. The van der Waals surface area contributed by atoms with E-state index in [0.29, 0.717) is 12.1 Å². The number of rotatable bonds is 3. The lowest BCUT2D eigenvalue weighted by atomic mass is 9.80. The monoisotopic (exact) mass is 183 g/mol. The first kappa shape index (κ1) is 9.47. The second-order valence-electron chi connectivity index (χ2n) is 4.75. The maximum Gasteiger partial charge on any atom is 0.0693 e. The maximum atomic E-state index is 9.65. The van der Waals surface area contributed by atoms with E-state index in [2.05, 4.69) is 12.2 Å². The highest BCUT2D eigenvalue weighted by molar-refractivity contribution is 4.88. The van der Waals surface area contributed by atoms with Gasteiger partial charge in [0, 0.05) is 12.1 Å². The Hall–Kier alpha value is -0.0800. The summed E-state index contributed by atoms with van der Waals surface area (Å²) < 4.78 is 0. The molecule has 0 spiro atoms. The Labute approximate surface area is 80.7 Å². The van der Waals surface area contributed by atoms with Crippen LogP contribution in [0.25, 0.3) is 0 Å². The van der Waals surface area contributed by atoms with Crippen LogP contribution in [0, 0.1) is 5.92 Å².